The fraction of sp³-hybridized carbons (Fsp3) is 0.500. The maximum absolute atomic E-state index is 13.7. The standard InChI is InChI=1S/C16H22FNO3S/c1-2-8-16(13-19)9-5-10-18(12-16)22(20,21)11-14-6-3-4-7-15(14)17/h2-4,6-7,19H,1,5,8-13H2/t16-/m0/s1. The number of rotatable bonds is 6. The summed E-state index contributed by atoms with van der Waals surface area (Å²) in [6, 6.07) is 5.91. The Morgan fingerprint density at radius 3 is 2.77 bits per heavy atom. The number of allylic oxidation sites excluding steroid dienone is 1. The Morgan fingerprint density at radius 1 is 1.41 bits per heavy atom. The van der Waals surface area contributed by atoms with Crippen LogP contribution in [0.2, 0.25) is 0 Å². The maximum Gasteiger partial charge on any atom is 0.218 e. The van der Waals surface area contributed by atoms with Crippen LogP contribution < -0.4 is 0 Å². The van der Waals surface area contributed by atoms with E-state index in [4.69, 9.17) is 0 Å². The summed E-state index contributed by atoms with van der Waals surface area (Å²) in [5.41, 5.74) is -0.297. The van der Waals surface area contributed by atoms with E-state index in [1.54, 1.807) is 12.1 Å². The van der Waals surface area contributed by atoms with Gasteiger partial charge in [0.05, 0.1) is 12.4 Å². The quantitative estimate of drug-likeness (QED) is 0.816. The molecule has 0 saturated carbocycles. The van der Waals surface area contributed by atoms with E-state index in [9.17, 15) is 17.9 Å². The first-order valence-electron chi connectivity index (χ1n) is 7.35. The molecule has 0 aromatic heterocycles. The van der Waals surface area contributed by atoms with Crippen LogP contribution in [0.15, 0.2) is 36.9 Å². The van der Waals surface area contributed by atoms with Crippen molar-refractivity contribution in [2.45, 2.75) is 25.0 Å². The smallest absolute Gasteiger partial charge is 0.218 e. The largest absolute Gasteiger partial charge is 0.396 e. The number of hydrogen-bond acceptors (Lipinski definition) is 3. The Labute approximate surface area is 131 Å². The Morgan fingerprint density at radius 2 is 2.14 bits per heavy atom. The molecule has 22 heavy (non-hydrogen) atoms. The van der Waals surface area contributed by atoms with Gasteiger partial charge in [0, 0.05) is 24.1 Å². The van der Waals surface area contributed by atoms with E-state index < -0.39 is 21.3 Å². The fourth-order valence-corrected chi connectivity index (χ4v) is 4.66. The highest BCUT2D eigenvalue weighted by Gasteiger charge is 2.38. The lowest BCUT2D eigenvalue weighted by molar-refractivity contribution is 0.0669. The number of sulfonamides is 1. The lowest BCUT2D eigenvalue weighted by Gasteiger charge is -2.40. The number of halogens is 1. The zero-order chi connectivity index (χ0) is 16.2. The number of hydrogen-bond donors (Lipinski definition) is 1. The van der Waals surface area contributed by atoms with Crippen molar-refractivity contribution in [3.8, 4) is 0 Å². The van der Waals surface area contributed by atoms with Gasteiger partial charge in [-0.3, -0.25) is 0 Å². The van der Waals surface area contributed by atoms with Crippen molar-refractivity contribution in [1.29, 1.82) is 0 Å². The molecule has 4 nitrogen and oxygen atoms in total. The Hall–Kier alpha value is -1.24. The van der Waals surface area contributed by atoms with Gasteiger partial charge in [-0.25, -0.2) is 17.1 Å². The highest BCUT2D eigenvalue weighted by atomic mass is 32.2. The molecule has 0 radical (unpaired) electrons. The summed E-state index contributed by atoms with van der Waals surface area (Å²) in [5, 5.41) is 9.66. The summed E-state index contributed by atoms with van der Waals surface area (Å²) in [4.78, 5) is 0. The van der Waals surface area contributed by atoms with Crippen molar-refractivity contribution >= 4 is 10.0 Å². The van der Waals surface area contributed by atoms with E-state index in [1.165, 1.54) is 22.5 Å². The number of piperidine rings is 1. The van der Waals surface area contributed by atoms with Crippen LogP contribution in [0.5, 0.6) is 0 Å². The van der Waals surface area contributed by atoms with Crippen molar-refractivity contribution in [3.63, 3.8) is 0 Å². The lowest BCUT2D eigenvalue weighted by atomic mass is 9.79. The molecule has 1 saturated heterocycles. The van der Waals surface area contributed by atoms with Gasteiger partial charge in [-0.05, 0) is 25.3 Å². The molecule has 0 bridgehead atoms. The molecular formula is C16H22FNO3S. The van der Waals surface area contributed by atoms with Crippen molar-refractivity contribution in [1.82, 2.24) is 4.31 Å². The normalized spacial score (nSPS) is 23.4. The Balaban J connectivity index is 2.18. The minimum absolute atomic E-state index is 0.0786. The number of aliphatic hydroxyl groups excluding tert-OH is 1. The van der Waals surface area contributed by atoms with Crippen LogP contribution in [0.25, 0.3) is 0 Å². The number of aliphatic hydroxyl groups is 1. The molecule has 122 valence electrons. The van der Waals surface area contributed by atoms with Gasteiger partial charge in [0.2, 0.25) is 10.0 Å². The van der Waals surface area contributed by atoms with Crippen LogP contribution in [-0.2, 0) is 15.8 Å². The van der Waals surface area contributed by atoms with Gasteiger partial charge >= 0.3 is 0 Å². The maximum atomic E-state index is 13.7. The highest BCUT2D eigenvalue weighted by Crippen LogP contribution is 2.35. The summed E-state index contributed by atoms with van der Waals surface area (Å²) >= 11 is 0. The third-order valence-corrected chi connectivity index (χ3v) is 6.00. The van der Waals surface area contributed by atoms with Gasteiger partial charge in [0.15, 0.2) is 0 Å². The number of benzene rings is 1. The van der Waals surface area contributed by atoms with Crippen molar-refractivity contribution in [2.24, 2.45) is 5.41 Å². The third-order valence-electron chi connectivity index (χ3n) is 4.23. The van der Waals surface area contributed by atoms with Crippen molar-refractivity contribution < 1.29 is 17.9 Å². The third kappa shape index (κ3) is 3.74. The van der Waals surface area contributed by atoms with E-state index in [2.05, 4.69) is 6.58 Å². The van der Waals surface area contributed by atoms with Crippen LogP contribution in [0.3, 0.4) is 0 Å². The molecule has 1 fully saturated rings. The van der Waals surface area contributed by atoms with Crippen LogP contribution in [0.4, 0.5) is 4.39 Å². The monoisotopic (exact) mass is 327 g/mol. The van der Waals surface area contributed by atoms with Gasteiger partial charge in [0.1, 0.15) is 5.82 Å². The van der Waals surface area contributed by atoms with E-state index in [0.717, 1.165) is 6.42 Å². The van der Waals surface area contributed by atoms with E-state index in [-0.39, 0.29) is 24.5 Å². The molecule has 1 N–H and O–H groups in total. The van der Waals surface area contributed by atoms with Crippen molar-refractivity contribution in [3.05, 3.63) is 48.3 Å². The van der Waals surface area contributed by atoms with Crippen molar-refractivity contribution in [2.75, 3.05) is 19.7 Å². The second-order valence-electron chi connectivity index (χ2n) is 5.94. The minimum Gasteiger partial charge on any atom is -0.396 e. The molecule has 1 heterocycles. The zero-order valence-electron chi connectivity index (χ0n) is 12.5. The van der Waals surface area contributed by atoms with Crippen LogP contribution >= 0.6 is 0 Å². The van der Waals surface area contributed by atoms with Gasteiger partial charge in [-0.15, -0.1) is 6.58 Å². The Kier molecular flexibility index (Phi) is 5.36. The predicted octanol–water partition coefficient (Wildman–Crippen LogP) is 2.31. The second kappa shape index (κ2) is 6.89. The second-order valence-corrected chi connectivity index (χ2v) is 7.90. The molecular weight excluding hydrogens is 305 g/mol. The topological polar surface area (TPSA) is 57.6 Å². The molecule has 1 aromatic carbocycles. The predicted molar refractivity (Wildman–Crippen MR) is 84.2 cm³/mol. The average molecular weight is 327 g/mol. The molecule has 1 aromatic rings. The summed E-state index contributed by atoms with van der Waals surface area (Å²) in [6.07, 6.45) is 3.73. The van der Waals surface area contributed by atoms with E-state index >= 15 is 0 Å². The average Bonchev–Trinajstić information content (AvgIpc) is 2.50. The van der Waals surface area contributed by atoms with Gasteiger partial charge in [0.25, 0.3) is 0 Å². The van der Waals surface area contributed by atoms with E-state index in [1.807, 2.05) is 0 Å². The first kappa shape index (κ1) is 17.1. The van der Waals surface area contributed by atoms with Gasteiger partial charge < -0.3 is 5.11 Å². The minimum atomic E-state index is -3.61. The summed E-state index contributed by atoms with van der Waals surface area (Å²) in [7, 11) is -3.61. The highest BCUT2D eigenvalue weighted by molar-refractivity contribution is 7.88. The zero-order valence-corrected chi connectivity index (χ0v) is 13.4. The summed E-state index contributed by atoms with van der Waals surface area (Å²) in [5.74, 6) is -0.863. The fourth-order valence-electron chi connectivity index (χ4n) is 2.97. The van der Waals surface area contributed by atoms with Crippen LogP contribution in [0.1, 0.15) is 24.8 Å². The first-order chi connectivity index (χ1) is 10.4. The van der Waals surface area contributed by atoms with Gasteiger partial charge in [-0.1, -0.05) is 24.3 Å². The molecule has 1 aliphatic heterocycles. The summed E-state index contributed by atoms with van der Waals surface area (Å²) in [6.45, 7) is 4.28. The lowest BCUT2D eigenvalue weighted by Crippen LogP contribution is -2.48. The molecule has 0 aliphatic carbocycles. The molecule has 0 unspecified atom stereocenters. The molecule has 1 atom stereocenters. The van der Waals surface area contributed by atoms with E-state index in [0.29, 0.717) is 19.4 Å². The molecule has 0 spiro atoms. The Bertz CT molecular complexity index is 632. The molecule has 1 aliphatic rings. The molecule has 6 heteroatoms. The van der Waals surface area contributed by atoms with Gasteiger partial charge in [-0.2, -0.15) is 0 Å². The van der Waals surface area contributed by atoms with Crippen LogP contribution in [-0.4, -0.2) is 37.5 Å². The molecule has 0 amide bonds. The van der Waals surface area contributed by atoms with Crippen LogP contribution in [0, 0.1) is 11.2 Å². The SMILES string of the molecule is C=CC[C@]1(CO)CCCN(S(=O)(=O)Cc2ccccc2F)C1. The summed E-state index contributed by atoms with van der Waals surface area (Å²) < 4.78 is 40.2. The number of nitrogens with zero attached hydrogens (tertiary/aromatic N) is 1. The first-order valence-corrected chi connectivity index (χ1v) is 8.96. The molecule has 2 rings (SSSR count).